The van der Waals surface area contributed by atoms with Gasteiger partial charge < -0.3 is 15.5 Å². The first-order valence-electron chi connectivity index (χ1n) is 8.83. The van der Waals surface area contributed by atoms with Gasteiger partial charge in [0.1, 0.15) is 0 Å². The van der Waals surface area contributed by atoms with Gasteiger partial charge >= 0.3 is 0 Å². The third-order valence-corrected chi connectivity index (χ3v) is 5.79. The third kappa shape index (κ3) is 5.04. The summed E-state index contributed by atoms with van der Waals surface area (Å²) < 4.78 is 0. The van der Waals surface area contributed by atoms with Crippen LogP contribution >= 0.6 is 35.0 Å². The normalized spacial score (nSPS) is 14.5. The molecule has 0 saturated carbocycles. The molecule has 0 spiro atoms. The van der Waals surface area contributed by atoms with E-state index >= 15 is 0 Å². The molecule has 29 heavy (non-hydrogen) atoms. The Labute approximate surface area is 181 Å². The van der Waals surface area contributed by atoms with Crippen LogP contribution < -0.4 is 10.6 Å². The molecule has 1 aliphatic rings. The van der Waals surface area contributed by atoms with Gasteiger partial charge in [0.15, 0.2) is 5.69 Å². The Morgan fingerprint density at radius 2 is 1.83 bits per heavy atom. The third-order valence-electron chi connectivity index (χ3n) is 4.56. The van der Waals surface area contributed by atoms with E-state index < -0.39 is 11.8 Å². The van der Waals surface area contributed by atoms with Gasteiger partial charge in [0.05, 0.1) is 21.3 Å². The monoisotopic (exact) mass is 455 g/mol. The Hall–Kier alpha value is -2.23. The van der Waals surface area contributed by atoms with Crippen molar-refractivity contribution in [2.45, 2.75) is 18.9 Å². The second-order valence-electron chi connectivity index (χ2n) is 6.40. The van der Waals surface area contributed by atoms with Crippen molar-refractivity contribution in [2.24, 2.45) is 0 Å². The number of aromatic nitrogens is 2. The largest absolute Gasteiger partial charge is 0.348 e. The average Bonchev–Trinajstić information content (AvgIpc) is 3.16. The second-order valence-corrected chi connectivity index (χ2v) is 7.98. The fourth-order valence-corrected chi connectivity index (χ4v) is 4.06. The lowest BCUT2D eigenvalue weighted by Crippen LogP contribution is -2.45. The maximum atomic E-state index is 12.6. The van der Waals surface area contributed by atoms with Crippen LogP contribution in [-0.2, 0) is 0 Å². The minimum absolute atomic E-state index is 0.0327. The van der Waals surface area contributed by atoms with Gasteiger partial charge in [-0.3, -0.25) is 19.5 Å². The molecule has 1 fully saturated rings. The number of aromatic amines is 1. The molecule has 3 amide bonds. The van der Waals surface area contributed by atoms with Crippen molar-refractivity contribution in [3.05, 3.63) is 45.7 Å². The molecular weight excluding hydrogens is 437 g/mol. The van der Waals surface area contributed by atoms with Crippen molar-refractivity contribution in [1.29, 1.82) is 0 Å². The highest BCUT2D eigenvalue weighted by molar-refractivity contribution is 8.12. The number of rotatable bonds is 4. The van der Waals surface area contributed by atoms with Crippen LogP contribution in [0.1, 0.15) is 33.7 Å². The van der Waals surface area contributed by atoms with Gasteiger partial charge in [-0.15, -0.1) is 0 Å². The van der Waals surface area contributed by atoms with Crippen molar-refractivity contribution < 1.29 is 14.4 Å². The molecule has 0 bridgehead atoms. The Bertz CT molecular complexity index is 908. The Morgan fingerprint density at radius 3 is 2.45 bits per heavy atom. The average molecular weight is 456 g/mol. The zero-order valence-corrected chi connectivity index (χ0v) is 17.8. The molecule has 154 valence electrons. The Morgan fingerprint density at radius 1 is 1.17 bits per heavy atom. The Balaban J connectivity index is 1.63. The number of thioether (sulfide) groups is 1. The summed E-state index contributed by atoms with van der Waals surface area (Å²) in [5, 5.41) is 12.5. The highest BCUT2D eigenvalue weighted by atomic mass is 35.5. The SMILES string of the molecule is CSC(=O)N1CCC(NC(=O)c2n[nH]cc2NC(=O)c2c(Cl)cccc2Cl)CC1. The fourth-order valence-electron chi connectivity index (χ4n) is 3.05. The first-order chi connectivity index (χ1) is 13.9. The van der Waals surface area contributed by atoms with E-state index in [2.05, 4.69) is 20.8 Å². The van der Waals surface area contributed by atoms with E-state index in [4.69, 9.17) is 23.2 Å². The van der Waals surface area contributed by atoms with Crippen molar-refractivity contribution in [1.82, 2.24) is 20.4 Å². The molecule has 1 aromatic carbocycles. The van der Waals surface area contributed by atoms with Gasteiger partial charge in [-0.2, -0.15) is 5.10 Å². The van der Waals surface area contributed by atoms with E-state index in [9.17, 15) is 14.4 Å². The van der Waals surface area contributed by atoms with Crippen molar-refractivity contribution in [3.63, 3.8) is 0 Å². The topological polar surface area (TPSA) is 107 Å². The van der Waals surface area contributed by atoms with Crippen molar-refractivity contribution in [2.75, 3.05) is 24.7 Å². The lowest BCUT2D eigenvalue weighted by molar-refractivity contribution is 0.0916. The molecule has 2 heterocycles. The number of likely N-dealkylation sites (tertiary alicyclic amines) is 1. The molecule has 0 aliphatic carbocycles. The van der Waals surface area contributed by atoms with Gasteiger partial charge in [-0.1, -0.05) is 41.0 Å². The molecule has 8 nitrogen and oxygen atoms in total. The van der Waals surface area contributed by atoms with Gasteiger partial charge in [0, 0.05) is 25.3 Å². The molecule has 2 aromatic rings. The summed E-state index contributed by atoms with van der Waals surface area (Å²) in [6.07, 6.45) is 4.47. The molecule has 1 aromatic heterocycles. The summed E-state index contributed by atoms with van der Waals surface area (Å²) in [4.78, 5) is 38.7. The van der Waals surface area contributed by atoms with E-state index in [1.807, 2.05) is 0 Å². The summed E-state index contributed by atoms with van der Waals surface area (Å²) in [5.41, 5.74) is 0.400. The molecule has 3 N–H and O–H groups in total. The minimum atomic E-state index is -0.542. The maximum absolute atomic E-state index is 12.6. The quantitative estimate of drug-likeness (QED) is 0.651. The van der Waals surface area contributed by atoms with E-state index in [1.54, 1.807) is 29.4 Å². The first-order valence-corrected chi connectivity index (χ1v) is 10.8. The fraction of sp³-hybridized carbons (Fsp3) is 0.333. The van der Waals surface area contributed by atoms with E-state index in [0.29, 0.717) is 25.9 Å². The summed E-state index contributed by atoms with van der Waals surface area (Å²) >= 11 is 13.3. The van der Waals surface area contributed by atoms with Crippen LogP contribution in [0.5, 0.6) is 0 Å². The van der Waals surface area contributed by atoms with Gasteiger partial charge in [-0.05, 0) is 31.2 Å². The standard InChI is InChI=1S/C18H19Cl2N5O3S/c1-29-18(28)25-7-5-10(6-8-25)22-17(27)15-13(9-21-24-15)23-16(26)14-11(19)3-2-4-12(14)20/h2-4,9-10H,5-8H2,1H3,(H,21,24)(H,22,27)(H,23,26). The lowest BCUT2D eigenvalue weighted by atomic mass is 10.1. The number of halogens is 2. The predicted molar refractivity (Wildman–Crippen MR) is 114 cm³/mol. The smallest absolute Gasteiger partial charge is 0.281 e. The van der Waals surface area contributed by atoms with Gasteiger partial charge in [0.25, 0.3) is 17.1 Å². The molecule has 0 radical (unpaired) electrons. The minimum Gasteiger partial charge on any atom is -0.348 e. The molecule has 1 aliphatic heterocycles. The summed E-state index contributed by atoms with van der Waals surface area (Å²) in [7, 11) is 0. The summed E-state index contributed by atoms with van der Waals surface area (Å²) in [6.45, 7) is 1.17. The number of hydrogen-bond donors (Lipinski definition) is 3. The maximum Gasteiger partial charge on any atom is 0.281 e. The van der Waals surface area contributed by atoms with Gasteiger partial charge in [0.2, 0.25) is 0 Å². The second kappa shape index (κ2) is 9.51. The van der Waals surface area contributed by atoms with Crippen LogP contribution in [-0.4, -0.2) is 57.5 Å². The van der Waals surface area contributed by atoms with Crippen LogP contribution in [0.2, 0.25) is 10.0 Å². The highest BCUT2D eigenvalue weighted by Gasteiger charge is 2.26. The molecule has 0 unspecified atom stereocenters. The zero-order chi connectivity index (χ0) is 21.0. The molecule has 3 rings (SSSR count). The summed E-state index contributed by atoms with van der Waals surface area (Å²) in [6, 6.07) is 4.67. The zero-order valence-electron chi connectivity index (χ0n) is 15.5. The number of anilines is 1. The molecular formula is C18H19Cl2N5O3S. The van der Waals surface area contributed by atoms with E-state index in [-0.39, 0.29) is 38.3 Å². The van der Waals surface area contributed by atoms with Crippen LogP contribution in [0.4, 0.5) is 10.5 Å². The molecule has 11 heteroatoms. The Kier molecular flexibility index (Phi) is 7.05. The number of nitrogens with zero attached hydrogens (tertiary/aromatic N) is 2. The van der Waals surface area contributed by atoms with Crippen molar-refractivity contribution >= 4 is 57.7 Å². The number of carbonyl (C=O) groups excluding carboxylic acids is 3. The number of carbonyl (C=O) groups is 3. The number of nitrogens with one attached hydrogen (secondary N) is 3. The number of piperidine rings is 1. The van der Waals surface area contributed by atoms with Crippen LogP contribution in [0.3, 0.4) is 0 Å². The number of hydrogen-bond acceptors (Lipinski definition) is 5. The number of H-pyrrole nitrogens is 1. The molecule has 1 saturated heterocycles. The van der Waals surface area contributed by atoms with Crippen LogP contribution in [0.15, 0.2) is 24.4 Å². The number of amides is 3. The number of benzene rings is 1. The van der Waals surface area contributed by atoms with E-state index in [1.165, 1.54) is 18.0 Å². The van der Waals surface area contributed by atoms with Crippen LogP contribution in [0.25, 0.3) is 0 Å². The summed E-state index contributed by atoms with van der Waals surface area (Å²) in [5.74, 6) is -0.957. The van der Waals surface area contributed by atoms with Crippen molar-refractivity contribution in [3.8, 4) is 0 Å². The van der Waals surface area contributed by atoms with E-state index in [0.717, 1.165) is 0 Å². The lowest BCUT2D eigenvalue weighted by Gasteiger charge is -2.31. The van der Waals surface area contributed by atoms with Gasteiger partial charge in [-0.25, -0.2) is 0 Å². The first kappa shape index (κ1) is 21.5. The molecule has 0 atom stereocenters. The van der Waals surface area contributed by atoms with Crippen LogP contribution in [0, 0.1) is 0 Å². The highest BCUT2D eigenvalue weighted by Crippen LogP contribution is 2.26. The predicted octanol–water partition coefficient (Wildman–Crippen LogP) is 3.65.